The molecule has 1 aromatic carbocycles. The molecule has 0 radical (unpaired) electrons. The van der Waals surface area contributed by atoms with Crippen LogP contribution in [0.4, 0.5) is 10.5 Å². The summed E-state index contributed by atoms with van der Waals surface area (Å²) in [6.07, 6.45) is 1.46. The molecule has 1 fully saturated rings. The summed E-state index contributed by atoms with van der Waals surface area (Å²) in [7, 11) is 3.20. The van der Waals surface area contributed by atoms with Gasteiger partial charge in [-0.3, -0.25) is 4.79 Å². The van der Waals surface area contributed by atoms with Gasteiger partial charge in [-0.15, -0.1) is 0 Å². The number of hydrogen-bond donors (Lipinski definition) is 1. The number of hydrogen-bond acceptors (Lipinski definition) is 6. The van der Waals surface area contributed by atoms with Gasteiger partial charge < -0.3 is 24.4 Å². The maximum absolute atomic E-state index is 12.3. The van der Waals surface area contributed by atoms with Gasteiger partial charge >= 0.3 is 6.03 Å². The molecule has 2 heterocycles. The third-order valence-corrected chi connectivity index (χ3v) is 3.95. The van der Waals surface area contributed by atoms with Crippen molar-refractivity contribution in [3.63, 3.8) is 0 Å². The zero-order valence-electron chi connectivity index (χ0n) is 14.0. The largest absolute Gasteiger partial charge is 0.497 e. The summed E-state index contributed by atoms with van der Waals surface area (Å²) in [6, 6.07) is 6.72. The second-order valence-corrected chi connectivity index (χ2v) is 5.76. The summed E-state index contributed by atoms with van der Waals surface area (Å²) in [5, 5.41) is 6.53. The number of anilines is 1. The third-order valence-electron chi connectivity index (χ3n) is 3.95. The molecule has 1 N–H and O–H groups in total. The number of ether oxygens (including phenoxy) is 1. The number of urea groups is 1. The van der Waals surface area contributed by atoms with Gasteiger partial charge in [0.05, 0.1) is 19.7 Å². The number of carbonyl (C=O) groups is 2. The maximum Gasteiger partial charge on any atom is 0.317 e. The highest BCUT2D eigenvalue weighted by Crippen LogP contribution is 2.25. The molecule has 9 nitrogen and oxygen atoms in total. The topological polar surface area (TPSA) is 101 Å². The van der Waals surface area contributed by atoms with Gasteiger partial charge in [-0.1, -0.05) is 11.2 Å². The van der Waals surface area contributed by atoms with Crippen molar-refractivity contribution in [1.82, 2.24) is 20.4 Å². The van der Waals surface area contributed by atoms with Gasteiger partial charge in [-0.25, -0.2) is 4.79 Å². The molecule has 9 heteroatoms. The van der Waals surface area contributed by atoms with Gasteiger partial charge in [0.2, 0.25) is 12.3 Å². The molecule has 0 unspecified atom stereocenters. The van der Waals surface area contributed by atoms with Crippen LogP contribution in [0.15, 0.2) is 35.2 Å². The molecule has 1 aliphatic heterocycles. The summed E-state index contributed by atoms with van der Waals surface area (Å²) in [4.78, 5) is 31.5. The van der Waals surface area contributed by atoms with Crippen molar-refractivity contribution in [1.29, 1.82) is 0 Å². The molecule has 25 heavy (non-hydrogen) atoms. The van der Waals surface area contributed by atoms with E-state index in [9.17, 15) is 9.59 Å². The Labute approximate surface area is 144 Å². The molecule has 132 valence electrons. The molecule has 3 rings (SSSR count). The van der Waals surface area contributed by atoms with Gasteiger partial charge in [0.15, 0.2) is 5.82 Å². The fraction of sp³-hybridized carbons (Fsp3) is 0.375. The Morgan fingerprint density at radius 2 is 2.36 bits per heavy atom. The standard InChI is InChI=1S/C16H19N5O4/c1-20(9-14-17-10-25-19-14)16(23)18-11-6-15(22)21(8-11)12-4-3-5-13(7-12)24-2/h3-5,7,10-11H,6,8-9H2,1-2H3,(H,18,23)/t11-/m1/s1. The normalized spacial score (nSPS) is 16.8. The van der Waals surface area contributed by atoms with Crippen LogP contribution < -0.4 is 15.0 Å². The van der Waals surface area contributed by atoms with E-state index in [-0.39, 0.29) is 30.9 Å². The summed E-state index contributed by atoms with van der Waals surface area (Å²) >= 11 is 0. The Balaban J connectivity index is 1.59. The van der Waals surface area contributed by atoms with E-state index >= 15 is 0 Å². The summed E-state index contributed by atoms with van der Waals surface area (Å²) < 4.78 is 9.83. The molecule has 2 aromatic rings. The van der Waals surface area contributed by atoms with Crippen molar-refractivity contribution in [2.45, 2.75) is 19.0 Å². The van der Waals surface area contributed by atoms with E-state index in [0.717, 1.165) is 5.69 Å². The highest BCUT2D eigenvalue weighted by Gasteiger charge is 2.32. The lowest BCUT2D eigenvalue weighted by Gasteiger charge is -2.20. The zero-order chi connectivity index (χ0) is 17.8. The fourth-order valence-electron chi connectivity index (χ4n) is 2.66. The van der Waals surface area contributed by atoms with E-state index in [1.165, 1.54) is 11.3 Å². The molecule has 1 aliphatic rings. The van der Waals surface area contributed by atoms with Crippen LogP contribution in [0, 0.1) is 0 Å². The molecule has 1 aromatic heterocycles. The number of amides is 3. The lowest BCUT2D eigenvalue weighted by atomic mass is 10.2. The molecule has 0 bridgehead atoms. The SMILES string of the molecule is COc1cccc(N2C[C@H](NC(=O)N(C)Cc3ncon3)CC2=O)c1. The van der Waals surface area contributed by atoms with E-state index in [0.29, 0.717) is 18.1 Å². The van der Waals surface area contributed by atoms with Crippen LogP contribution in [0.3, 0.4) is 0 Å². The van der Waals surface area contributed by atoms with Gasteiger partial charge in [0.25, 0.3) is 0 Å². The van der Waals surface area contributed by atoms with Crippen LogP contribution in [0.1, 0.15) is 12.2 Å². The highest BCUT2D eigenvalue weighted by molar-refractivity contribution is 5.97. The first-order valence-electron chi connectivity index (χ1n) is 7.78. The molecular formula is C16H19N5O4. The van der Waals surface area contributed by atoms with Gasteiger partial charge in [0.1, 0.15) is 5.75 Å². The molecule has 0 aliphatic carbocycles. The van der Waals surface area contributed by atoms with Crippen molar-refractivity contribution >= 4 is 17.6 Å². The molecule has 1 saturated heterocycles. The summed E-state index contributed by atoms with van der Waals surface area (Å²) in [5.41, 5.74) is 0.751. The molecular weight excluding hydrogens is 326 g/mol. The molecule has 3 amide bonds. The molecule has 1 atom stereocenters. The Kier molecular flexibility index (Phi) is 4.82. The Morgan fingerprint density at radius 1 is 1.52 bits per heavy atom. The number of methoxy groups -OCH3 is 1. The van der Waals surface area contributed by atoms with E-state index in [1.807, 2.05) is 18.2 Å². The summed E-state index contributed by atoms with van der Waals surface area (Å²) in [5.74, 6) is 1.05. The molecule has 0 saturated carbocycles. The van der Waals surface area contributed by atoms with Gasteiger partial charge in [-0.05, 0) is 12.1 Å². The van der Waals surface area contributed by atoms with Crippen molar-refractivity contribution in [2.75, 3.05) is 25.6 Å². The van der Waals surface area contributed by atoms with Crippen molar-refractivity contribution in [3.05, 3.63) is 36.5 Å². The van der Waals surface area contributed by atoms with Crippen molar-refractivity contribution < 1.29 is 18.8 Å². The highest BCUT2D eigenvalue weighted by atomic mass is 16.5. The number of nitrogens with one attached hydrogen (secondary N) is 1. The average molecular weight is 345 g/mol. The predicted octanol–water partition coefficient (Wildman–Crippen LogP) is 1.03. The fourth-order valence-corrected chi connectivity index (χ4v) is 2.66. The minimum absolute atomic E-state index is 0.0422. The predicted molar refractivity (Wildman–Crippen MR) is 88.0 cm³/mol. The van der Waals surface area contributed by atoms with Gasteiger partial charge in [0, 0.05) is 31.8 Å². The van der Waals surface area contributed by atoms with Gasteiger partial charge in [-0.2, -0.15) is 4.98 Å². The second-order valence-electron chi connectivity index (χ2n) is 5.76. The number of benzene rings is 1. The first-order valence-corrected chi connectivity index (χ1v) is 7.78. The maximum atomic E-state index is 12.3. The van der Waals surface area contributed by atoms with Crippen LogP contribution in [-0.2, 0) is 11.3 Å². The number of rotatable bonds is 5. The third kappa shape index (κ3) is 3.87. The number of aromatic nitrogens is 2. The Morgan fingerprint density at radius 3 is 3.08 bits per heavy atom. The lowest BCUT2D eigenvalue weighted by Crippen LogP contribution is -2.44. The average Bonchev–Trinajstić information content (AvgIpc) is 3.24. The van der Waals surface area contributed by atoms with E-state index in [2.05, 4.69) is 20.0 Å². The van der Waals surface area contributed by atoms with Crippen LogP contribution >= 0.6 is 0 Å². The van der Waals surface area contributed by atoms with Crippen LogP contribution in [0.5, 0.6) is 5.75 Å². The lowest BCUT2D eigenvalue weighted by molar-refractivity contribution is -0.117. The summed E-state index contributed by atoms with van der Waals surface area (Å²) in [6.45, 7) is 0.635. The smallest absolute Gasteiger partial charge is 0.317 e. The van der Waals surface area contributed by atoms with E-state index < -0.39 is 0 Å². The zero-order valence-corrected chi connectivity index (χ0v) is 14.0. The van der Waals surface area contributed by atoms with Crippen molar-refractivity contribution in [2.24, 2.45) is 0 Å². The van der Waals surface area contributed by atoms with E-state index in [1.54, 1.807) is 25.1 Å². The second kappa shape index (κ2) is 7.20. The van der Waals surface area contributed by atoms with Crippen LogP contribution in [-0.4, -0.2) is 53.7 Å². The first-order chi connectivity index (χ1) is 12.1. The number of carbonyl (C=O) groups excluding carboxylic acids is 2. The van der Waals surface area contributed by atoms with Crippen LogP contribution in [0.25, 0.3) is 0 Å². The monoisotopic (exact) mass is 345 g/mol. The minimum atomic E-state index is -0.296. The minimum Gasteiger partial charge on any atom is -0.497 e. The Hall–Kier alpha value is -3.10. The molecule has 0 spiro atoms. The van der Waals surface area contributed by atoms with Crippen molar-refractivity contribution in [3.8, 4) is 5.75 Å². The quantitative estimate of drug-likeness (QED) is 0.868. The first kappa shape index (κ1) is 16.7. The number of nitrogens with zero attached hydrogens (tertiary/aromatic N) is 4. The van der Waals surface area contributed by atoms with E-state index in [4.69, 9.17) is 4.74 Å². The Bertz CT molecular complexity index is 749. The van der Waals surface area contributed by atoms with Crippen LogP contribution in [0.2, 0.25) is 0 Å².